The minimum atomic E-state index is -0.343. The van der Waals surface area contributed by atoms with Gasteiger partial charge >= 0.3 is 11.9 Å². The number of hydrogen-bond donors (Lipinski definition) is 0. The highest BCUT2D eigenvalue weighted by Crippen LogP contribution is 2.24. The summed E-state index contributed by atoms with van der Waals surface area (Å²) < 4.78 is 9.93. The molecule has 8 nitrogen and oxygen atoms in total. The molecule has 2 aliphatic rings. The maximum atomic E-state index is 13.2. The van der Waals surface area contributed by atoms with E-state index in [2.05, 4.69) is 16.7 Å². The van der Waals surface area contributed by atoms with Crippen molar-refractivity contribution in [2.45, 2.75) is 45.7 Å². The third-order valence-corrected chi connectivity index (χ3v) is 6.54. The van der Waals surface area contributed by atoms with Crippen molar-refractivity contribution in [3.05, 3.63) is 29.8 Å². The molecule has 0 bridgehead atoms. The number of rotatable bonds is 6. The molecular weight excluding hydrogens is 410 g/mol. The van der Waals surface area contributed by atoms with Crippen LogP contribution in [0.4, 0.5) is 5.69 Å². The molecule has 2 fully saturated rings. The standard InChI is InChI=1S/C24H35N3O5/c1-5-32-24(30)20-7-6-12-26(16-20)22(28)18(3)27-14-13-25(15-17(27)2)21-10-8-19(9-11-21)23(29)31-4/h8-11,17-18,20H,5-7,12-16H2,1-4H3. The van der Waals surface area contributed by atoms with Crippen molar-refractivity contribution in [3.63, 3.8) is 0 Å². The van der Waals surface area contributed by atoms with Crippen molar-refractivity contribution < 1.29 is 23.9 Å². The number of anilines is 1. The summed E-state index contributed by atoms with van der Waals surface area (Å²) in [5, 5.41) is 0. The summed E-state index contributed by atoms with van der Waals surface area (Å²) in [5.74, 6) is -0.674. The molecular formula is C24H35N3O5. The minimum Gasteiger partial charge on any atom is -0.466 e. The SMILES string of the molecule is CCOC(=O)C1CCCN(C(=O)C(C)N2CCN(c3ccc(C(=O)OC)cc3)CC2C)C1. The van der Waals surface area contributed by atoms with Crippen molar-refractivity contribution in [1.82, 2.24) is 9.80 Å². The van der Waals surface area contributed by atoms with Gasteiger partial charge in [0.25, 0.3) is 0 Å². The molecule has 176 valence electrons. The summed E-state index contributed by atoms with van der Waals surface area (Å²) in [6.07, 6.45) is 1.60. The molecule has 2 heterocycles. The summed E-state index contributed by atoms with van der Waals surface area (Å²) in [7, 11) is 1.38. The van der Waals surface area contributed by atoms with E-state index >= 15 is 0 Å². The summed E-state index contributed by atoms with van der Waals surface area (Å²) in [4.78, 5) is 43.4. The predicted molar refractivity (Wildman–Crippen MR) is 122 cm³/mol. The zero-order chi connectivity index (χ0) is 23.3. The van der Waals surface area contributed by atoms with Gasteiger partial charge in [-0.25, -0.2) is 4.79 Å². The molecule has 3 atom stereocenters. The molecule has 0 saturated carbocycles. The molecule has 2 aliphatic heterocycles. The van der Waals surface area contributed by atoms with Gasteiger partial charge in [0.2, 0.25) is 5.91 Å². The number of piperazine rings is 1. The molecule has 0 radical (unpaired) electrons. The molecule has 0 N–H and O–H groups in total. The lowest BCUT2D eigenvalue weighted by Gasteiger charge is -2.44. The van der Waals surface area contributed by atoms with E-state index in [-0.39, 0.29) is 35.8 Å². The first kappa shape index (κ1) is 24.0. The summed E-state index contributed by atoms with van der Waals surface area (Å²) in [6, 6.07) is 7.38. The first-order valence-corrected chi connectivity index (χ1v) is 11.5. The number of hydrogen-bond acceptors (Lipinski definition) is 7. The average Bonchev–Trinajstić information content (AvgIpc) is 2.83. The van der Waals surface area contributed by atoms with Gasteiger partial charge in [-0.3, -0.25) is 14.5 Å². The highest BCUT2D eigenvalue weighted by molar-refractivity contribution is 5.89. The Morgan fingerprint density at radius 2 is 1.81 bits per heavy atom. The number of carbonyl (C=O) groups is 3. The maximum absolute atomic E-state index is 13.2. The molecule has 1 aromatic rings. The van der Waals surface area contributed by atoms with Gasteiger partial charge in [0, 0.05) is 44.5 Å². The Balaban J connectivity index is 1.58. The minimum absolute atomic E-state index is 0.0849. The molecule has 0 aromatic heterocycles. The largest absolute Gasteiger partial charge is 0.466 e. The molecule has 1 amide bonds. The second kappa shape index (κ2) is 10.8. The molecule has 0 aliphatic carbocycles. The molecule has 32 heavy (non-hydrogen) atoms. The van der Waals surface area contributed by atoms with Gasteiger partial charge in [0.05, 0.1) is 31.2 Å². The van der Waals surface area contributed by atoms with E-state index in [1.54, 1.807) is 19.1 Å². The first-order valence-electron chi connectivity index (χ1n) is 11.5. The van der Waals surface area contributed by atoms with Crippen LogP contribution in [-0.4, -0.2) is 86.2 Å². The highest BCUT2D eigenvalue weighted by Gasteiger charge is 2.36. The number of piperidine rings is 1. The fourth-order valence-corrected chi connectivity index (χ4v) is 4.74. The monoisotopic (exact) mass is 445 g/mol. The van der Waals surface area contributed by atoms with Gasteiger partial charge in [-0.1, -0.05) is 0 Å². The third kappa shape index (κ3) is 5.41. The Bertz CT molecular complexity index is 812. The fraction of sp³-hybridized carbons (Fsp3) is 0.625. The van der Waals surface area contributed by atoms with E-state index in [1.165, 1.54) is 7.11 Å². The quantitative estimate of drug-likeness (QED) is 0.621. The Labute approximate surface area is 190 Å². The maximum Gasteiger partial charge on any atom is 0.337 e. The molecule has 3 unspecified atom stereocenters. The fourth-order valence-electron chi connectivity index (χ4n) is 4.74. The van der Waals surface area contributed by atoms with E-state index in [0.717, 1.165) is 38.2 Å². The Morgan fingerprint density at radius 3 is 2.44 bits per heavy atom. The number of amides is 1. The summed E-state index contributed by atoms with van der Waals surface area (Å²) >= 11 is 0. The summed E-state index contributed by atoms with van der Waals surface area (Å²) in [6.45, 7) is 9.77. The predicted octanol–water partition coefficient (Wildman–Crippen LogP) is 2.17. The van der Waals surface area contributed by atoms with E-state index in [9.17, 15) is 14.4 Å². The van der Waals surface area contributed by atoms with Crippen molar-refractivity contribution in [2.24, 2.45) is 5.92 Å². The number of nitrogens with zero attached hydrogens (tertiary/aromatic N) is 3. The van der Waals surface area contributed by atoms with Crippen molar-refractivity contribution in [1.29, 1.82) is 0 Å². The number of ether oxygens (including phenoxy) is 2. The highest BCUT2D eigenvalue weighted by atomic mass is 16.5. The van der Waals surface area contributed by atoms with Gasteiger partial charge in [-0.2, -0.15) is 0 Å². The van der Waals surface area contributed by atoms with E-state index in [4.69, 9.17) is 9.47 Å². The lowest BCUT2D eigenvalue weighted by molar-refractivity contribution is -0.152. The molecule has 2 saturated heterocycles. The van der Waals surface area contributed by atoms with Crippen LogP contribution in [0.1, 0.15) is 44.0 Å². The van der Waals surface area contributed by atoms with Crippen LogP contribution in [0.2, 0.25) is 0 Å². The smallest absolute Gasteiger partial charge is 0.337 e. The zero-order valence-corrected chi connectivity index (χ0v) is 19.6. The number of esters is 2. The number of benzene rings is 1. The number of likely N-dealkylation sites (tertiary alicyclic amines) is 1. The zero-order valence-electron chi connectivity index (χ0n) is 19.6. The van der Waals surface area contributed by atoms with Gasteiger partial charge in [0.1, 0.15) is 0 Å². The Morgan fingerprint density at radius 1 is 1.09 bits per heavy atom. The second-order valence-corrected chi connectivity index (χ2v) is 8.62. The van der Waals surface area contributed by atoms with E-state index in [0.29, 0.717) is 25.3 Å². The third-order valence-electron chi connectivity index (χ3n) is 6.54. The van der Waals surface area contributed by atoms with Crippen LogP contribution < -0.4 is 4.90 Å². The number of methoxy groups -OCH3 is 1. The average molecular weight is 446 g/mol. The van der Waals surface area contributed by atoms with Gasteiger partial charge in [-0.05, 0) is 57.9 Å². The van der Waals surface area contributed by atoms with Crippen molar-refractivity contribution in [3.8, 4) is 0 Å². The first-order chi connectivity index (χ1) is 15.3. The van der Waals surface area contributed by atoms with E-state index in [1.807, 2.05) is 24.0 Å². The molecule has 0 spiro atoms. The van der Waals surface area contributed by atoms with Crippen molar-refractivity contribution in [2.75, 3.05) is 51.3 Å². The van der Waals surface area contributed by atoms with Gasteiger partial charge in [0.15, 0.2) is 0 Å². The van der Waals surface area contributed by atoms with Crippen LogP contribution in [0, 0.1) is 5.92 Å². The van der Waals surface area contributed by atoms with Crippen LogP contribution in [0.25, 0.3) is 0 Å². The van der Waals surface area contributed by atoms with Crippen molar-refractivity contribution >= 4 is 23.5 Å². The van der Waals surface area contributed by atoms with Gasteiger partial charge in [-0.15, -0.1) is 0 Å². The van der Waals surface area contributed by atoms with Crippen LogP contribution >= 0.6 is 0 Å². The Kier molecular flexibility index (Phi) is 8.12. The Hall–Kier alpha value is -2.61. The van der Waals surface area contributed by atoms with Crippen LogP contribution in [-0.2, 0) is 19.1 Å². The topological polar surface area (TPSA) is 79.4 Å². The van der Waals surface area contributed by atoms with Crippen LogP contribution in [0.5, 0.6) is 0 Å². The second-order valence-electron chi connectivity index (χ2n) is 8.62. The molecule has 1 aromatic carbocycles. The molecule has 3 rings (SSSR count). The van der Waals surface area contributed by atoms with Crippen LogP contribution in [0.15, 0.2) is 24.3 Å². The van der Waals surface area contributed by atoms with Gasteiger partial charge < -0.3 is 19.3 Å². The lowest BCUT2D eigenvalue weighted by Crippen LogP contribution is -2.59. The normalized spacial score (nSPS) is 22.9. The molecule has 8 heteroatoms. The van der Waals surface area contributed by atoms with Crippen LogP contribution in [0.3, 0.4) is 0 Å². The van der Waals surface area contributed by atoms with E-state index < -0.39 is 0 Å². The number of carbonyl (C=O) groups excluding carboxylic acids is 3. The summed E-state index contributed by atoms with van der Waals surface area (Å²) in [5.41, 5.74) is 1.58. The lowest BCUT2D eigenvalue weighted by atomic mass is 9.97.